The van der Waals surface area contributed by atoms with Gasteiger partial charge < -0.3 is 10.1 Å². The van der Waals surface area contributed by atoms with Gasteiger partial charge in [-0.15, -0.1) is 0 Å². The Bertz CT molecular complexity index is 929. The number of halogens is 3. The van der Waals surface area contributed by atoms with Crippen molar-refractivity contribution < 1.29 is 18.3 Å². The van der Waals surface area contributed by atoms with Crippen LogP contribution in [-0.4, -0.2) is 58.6 Å². The highest BCUT2D eigenvalue weighted by Crippen LogP contribution is 2.29. The molecular formula is C24H32F3N3O. The van der Waals surface area contributed by atoms with Crippen LogP contribution in [0, 0.1) is 18.7 Å². The molecule has 0 saturated heterocycles. The molecule has 3 aromatic rings. The van der Waals surface area contributed by atoms with Crippen molar-refractivity contribution in [2.45, 2.75) is 39.8 Å². The highest BCUT2D eigenvalue weighted by molar-refractivity contribution is 5.93. The lowest BCUT2D eigenvalue weighted by Gasteiger charge is -2.30. The maximum atomic E-state index is 13.7. The summed E-state index contributed by atoms with van der Waals surface area (Å²) in [6.45, 7) is 7.17. The minimum atomic E-state index is -0.702. The van der Waals surface area contributed by atoms with Gasteiger partial charge in [-0.25, -0.2) is 18.2 Å². The van der Waals surface area contributed by atoms with Gasteiger partial charge in [-0.2, -0.15) is 0 Å². The van der Waals surface area contributed by atoms with Crippen molar-refractivity contribution in [3.63, 3.8) is 0 Å². The fourth-order valence-corrected chi connectivity index (χ4v) is 3.49. The average Bonchev–Trinajstić information content (AvgIpc) is 3.10. The summed E-state index contributed by atoms with van der Waals surface area (Å²) in [7, 11) is 0. The van der Waals surface area contributed by atoms with Crippen LogP contribution in [0.3, 0.4) is 0 Å². The Hall–Kier alpha value is -2.38. The van der Waals surface area contributed by atoms with Gasteiger partial charge in [0.25, 0.3) is 0 Å². The highest BCUT2D eigenvalue weighted by Gasteiger charge is 2.20. The third-order valence-electron chi connectivity index (χ3n) is 4.83. The van der Waals surface area contributed by atoms with E-state index in [1.807, 2.05) is 51.1 Å². The van der Waals surface area contributed by atoms with Crippen molar-refractivity contribution >= 4 is 11.0 Å². The van der Waals surface area contributed by atoms with Gasteiger partial charge in [0.15, 0.2) is 5.82 Å². The van der Waals surface area contributed by atoms with E-state index in [0.29, 0.717) is 30.0 Å². The van der Waals surface area contributed by atoms with Crippen LogP contribution in [0.2, 0.25) is 0 Å². The first-order valence-electron chi connectivity index (χ1n) is 10.5. The molecule has 2 N–H and O–H groups in total. The van der Waals surface area contributed by atoms with E-state index in [-0.39, 0.29) is 5.82 Å². The first kappa shape index (κ1) is 24.9. The molecule has 4 nitrogen and oxygen atoms in total. The van der Waals surface area contributed by atoms with Crippen LogP contribution >= 0.6 is 0 Å². The molecule has 0 aliphatic heterocycles. The van der Waals surface area contributed by atoms with Crippen molar-refractivity contribution in [2.75, 3.05) is 26.4 Å². The Kier molecular flexibility index (Phi) is 9.52. The molecule has 7 heteroatoms. The lowest BCUT2D eigenvalue weighted by Crippen LogP contribution is -2.44. The molecule has 0 amide bonds. The zero-order chi connectivity index (χ0) is 23.0. The Morgan fingerprint density at radius 3 is 2.39 bits per heavy atom. The number of aryl methyl sites for hydroxylation is 1. The van der Waals surface area contributed by atoms with Crippen LogP contribution in [0.5, 0.6) is 0 Å². The zero-order valence-corrected chi connectivity index (χ0v) is 18.6. The molecule has 0 spiro atoms. The van der Waals surface area contributed by atoms with Gasteiger partial charge in [-0.1, -0.05) is 43.7 Å². The summed E-state index contributed by atoms with van der Waals surface area (Å²) in [5.41, 5.74) is 3.62. The molecule has 1 aromatic carbocycles. The third-order valence-corrected chi connectivity index (χ3v) is 4.83. The maximum Gasteiger partial charge on any atom is 0.150 e. The summed E-state index contributed by atoms with van der Waals surface area (Å²) in [4.78, 5) is 8.62. The predicted molar refractivity (Wildman–Crippen MR) is 120 cm³/mol. The van der Waals surface area contributed by atoms with Gasteiger partial charge in [0.2, 0.25) is 0 Å². The molecule has 3 rings (SSSR count). The standard InChI is InChI=1S/C14H11FN2.C10H21F2NO/c1-9-3-2-4-10(7-9)11-5-6-16-14-13(11)12(15)8-17-14;1-8(2)6-13(7-9(3)14)10(4-11)5-12/h2-8H,1H3,(H,16,17);8-10,14H,4-7H2,1-3H3. The van der Waals surface area contributed by atoms with Crippen LogP contribution in [0.25, 0.3) is 22.2 Å². The maximum absolute atomic E-state index is 13.7. The number of aliphatic hydroxyl groups is 1. The first-order chi connectivity index (χ1) is 14.8. The topological polar surface area (TPSA) is 52.1 Å². The number of aliphatic hydroxyl groups excluding tert-OH is 1. The van der Waals surface area contributed by atoms with E-state index in [2.05, 4.69) is 9.97 Å². The number of hydrogen-bond donors (Lipinski definition) is 2. The molecule has 0 bridgehead atoms. The normalized spacial score (nSPS) is 12.5. The van der Waals surface area contributed by atoms with Gasteiger partial charge in [0.05, 0.1) is 17.5 Å². The largest absolute Gasteiger partial charge is 0.392 e. The average molecular weight is 436 g/mol. The molecular weight excluding hydrogens is 403 g/mol. The molecule has 2 heterocycles. The van der Waals surface area contributed by atoms with E-state index in [9.17, 15) is 18.3 Å². The second kappa shape index (κ2) is 11.9. The first-order valence-corrected chi connectivity index (χ1v) is 10.5. The molecule has 2 aromatic heterocycles. The van der Waals surface area contributed by atoms with Crippen LogP contribution in [0.15, 0.2) is 42.7 Å². The summed E-state index contributed by atoms with van der Waals surface area (Å²) in [5, 5.41) is 9.74. The quantitative estimate of drug-likeness (QED) is 0.504. The number of H-pyrrole nitrogens is 1. The van der Waals surface area contributed by atoms with E-state index in [1.54, 1.807) is 18.0 Å². The summed E-state index contributed by atoms with van der Waals surface area (Å²) in [5.74, 6) is 0.0824. The Labute approximate surface area is 182 Å². The molecule has 0 aliphatic rings. The van der Waals surface area contributed by atoms with E-state index in [0.717, 1.165) is 16.7 Å². The minimum absolute atomic E-state index is 0.260. The van der Waals surface area contributed by atoms with Crippen LogP contribution in [0.1, 0.15) is 26.3 Å². The summed E-state index contributed by atoms with van der Waals surface area (Å²) >= 11 is 0. The fraction of sp³-hybridized carbons (Fsp3) is 0.458. The molecule has 31 heavy (non-hydrogen) atoms. The lowest BCUT2D eigenvalue weighted by molar-refractivity contribution is 0.0676. The van der Waals surface area contributed by atoms with Crippen molar-refractivity contribution in [1.82, 2.24) is 14.9 Å². The van der Waals surface area contributed by atoms with Gasteiger partial charge in [0, 0.05) is 25.5 Å². The predicted octanol–water partition coefficient (Wildman–Crippen LogP) is 5.31. The molecule has 1 atom stereocenters. The molecule has 1 unspecified atom stereocenters. The second-order valence-corrected chi connectivity index (χ2v) is 8.25. The molecule has 170 valence electrons. The van der Waals surface area contributed by atoms with E-state index >= 15 is 0 Å². The van der Waals surface area contributed by atoms with Gasteiger partial charge in [-0.3, -0.25) is 4.90 Å². The van der Waals surface area contributed by atoms with Gasteiger partial charge in [-0.05, 0) is 37.0 Å². The van der Waals surface area contributed by atoms with Crippen molar-refractivity contribution in [3.05, 3.63) is 54.1 Å². The summed E-state index contributed by atoms with van der Waals surface area (Å²) in [6.07, 6.45) is 2.49. The number of pyridine rings is 1. The van der Waals surface area contributed by atoms with E-state index in [4.69, 9.17) is 0 Å². The zero-order valence-electron chi connectivity index (χ0n) is 18.6. The smallest absolute Gasteiger partial charge is 0.150 e. The number of hydrogen-bond acceptors (Lipinski definition) is 3. The Balaban J connectivity index is 0.000000226. The number of benzene rings is 1. The van der Waals surface area contributed by atoms with Crippen molar-refractivity contribution in [1.29, 1.82) is 0 Å². The molecule has 0 saturated carbocycles. The number of nitrogens with zero attached hydrogens (tertiary/aromatic N) is 2. The van der Waals surface area contributed by atoms with Crippen LogP contribution in [-0.2, 0) is 0 Å². The molecule has 0 fully saturated rings. The molecule has 0 radical (unpaired) electrons. The highest BCUT2D eigenvalue weighted by atomic mass is 19.1. The number of aromatic nitrogens is 2. The van der Waals surface area contributed by atoms with Gasteiger partial charge >= 0.3 is 0 Å². The van der Waals surface area contributed by atoms with Crippen molar-refractivity contribution in [2.24, 2.45) is 5.92 Å². The number of alkyl halides is 2. The summed E-state index contributed by atoms with van der Waals surface area (Å²) < 4.78 is 38.6. The Morgan fingerprint density at radius 1 is 1.10 bits per heavy atom. The van der Waals surface area contributed by atoms with Crippen LogP contribution < -0.4 is 0 Å². The second-order valence-electron chi connectivity index (χ2n) is 8.25. The number of aromatic amines is 1. The Morgan fingerprint density at radius 2 is 1.81 bits per heavy atom. The number of nitrogens with one attached hydrogen (secondary N) is 1. The number of fused-ring (bicyclic) bond motifs is 1. The monoisotopic (exact) mass is 435 g/mol. The minimum Gasteiger partial charge on any atom is -0.392 e. The van der Waals surface area contributed by atoms with E-state index in [1.165, 1.54) is 6.20 Å². The fourth-order valence-electron chi connectivity index (χ4n) is 3.49. The van der Waals surface area contributed by atoms with Crippen LogP contribution in [0.4, 0.5) is 13.2 Å². The van der Waals surface area contributed by atoms with Crippen molar-refractivity contribution in [3.8, 4) is 11.1 Å². The third kappa shape index (κ3) is 7.08. The van der Waals surface area contributed by atoms with E-state index < -0.39 is 25.5 Å². The summed E-state index contributed by atoms with van der Waals surface area (Å²) in [6, 6.07) is 9.16. The number of rotatable bonds is 8. The SMILES string of the molecule is CC(C)CN(CC(C)O)C(CF)CF.Cc1cccc(-c2ccnc3[nH]cc(F)c23)c1. The molecule has 0 aliphatic carbocycles. The van der Waals surface area contributed by atoms with Gasteiger partial charge in [0.1, 0.15) is 19.0 Å². The lowest BCUT2D eigenvalue weighted by atomic mass is 10.0.